The number of anilines is 2. The highest BCUT2D eigenvalue weighted by atomic mass is 16.5. The lowest BCUT2D eigenvalue weighted by Crippen LogP contribution is -2.19. The van der Waals surface area contributed by atoms with E-state index in [1.807, 2.05) is 24.3 Å². The molecule has 0 unspecified atom stereocenters. The zero-order valence-corrected chi connectivity index (χ0v) is 14.8. The maximum absolute atomic E-state index is 12.2. The molecule has 8 heteroatoms. The van der Waals surface area contributed by atoms with Gasteiger partial charge in [-0.3, -0.25) is 9.78 Å². The molecule has 0 saturated carbocycles. The van der Waals surface area contributed by atoms with Crippen LogP contribution in [0.5, 0.6) is 0 Å². The zero-order valence-electron chi connectivity index (χ0n) is 14.8. The third-order valence-electron chi connectivity index (χ3n) is 4.42. The van der Waals surface area contributed by atoms with E-state index in [2.05, 4.69) is 30.3 Å². The van der Waals surface area contributed by atoms with Crippen LogP contribution in [0.2, 0.25) is 0 Å². The maximum Gasteiger partial charge on any atom is 0.227 e. The number of aromatic nitrogens is 4. The number of nitrogens with one attached hydrogen (secondary N) is 1. The fourth-order valence-corrected chi connectivity index (χ4v) is 3.01. The number of hydrogen-bond donors (Lipinski definition) is 1. The molecule has 1 amide bonds. The van der Waals surface area contributed by atoms with E-state index in [0.717, 1.165) is 24.5 Å². The van der Waals surface area contributed by atoms with Crippen LogP contribution in [0.25, 0.3) is 11.4 Å². The van der Waals surface area contributed by atoms with Crippen LogP contribution in [0.1, 0.15) is 25.2 Å². The molecule has 1 aliphatic heterocycles. The molecule has 0 atom stereocenters. The number of amides is 1. The molecule has 0 aromatic carbocycles. The zero-order chi connectivity index (χ0) is 18.5. The first-order valence-electron chi connectivity index (χ1n) is 9.02. The van der Waals surface area contributed by atoms with E-state index in [1.165, 1.54) is 12.8 Å². The van der Waals surface area contributed by atoms with Gasteiger partial charge in [0.05, 0.1) is 11.9 Å². The Bertz CT molecular complexity index is 888. The summed E-state index contributed by atoms with van der Waals surface area (Å²) in [5, 5.41) is 6.77. The van der Waals surface area contributed by atoms with Crippen LogP contribution in [0.3, 0.4) is 0 Å². The first kappa shape index (κ1) is 17.1. The van der Waals surface area contributed by atoms with Gasteiger partial charge in [0.2, 0.25) is 17.6 Å². The second-order valence-electron chi connectivity index (χ2n) is 6.40. The van der Waals surface area contributed by atoms with Crippen LogP contribution < -0.4 is 10.2 Å². The summed E-state index contributed by atoms with van der Waals surface area (Å²) in [6, 6.07) is 7.49. The Labute approximate surface area is 156 Å². The fourth-order valence-electron chi connectivity index (χ4n) is 3.01. The molecule has 0 aliphatic carbocycles. The second-order valence-corrected chi connectivity index (χ2v) is 6.40. The SMILES string of the molecule is O=C(CCc1nc(-c2cccnc2)no1)Nc1ccc(N2CCCC2)nc1. The summed E-state index contributed by atoms with van der Waals surface area (Å²) in [6.45, 7) is 2.09. The van der Waals surface area contributed by atoms with Gasteiger partial charge in [-0.25, -0.2) is 4.98 Å². The third-order valence-corrected chi connectivity index (χ3v) is 4.42. The molecule has 3 aromatic heterocycles. The van der Waals surface area contributed by atoms with Crippen molar-refractivity contribution in [3.63, 3.8) is 0 Å². The predicted molar refractivity (Wildman–Crippen MR) is 100 cm³/mol. The predicted octanol–water partition coefficient (Wildman–Crippen LogP) is 2.70. The highest BCUT2D eigenvalue weighted by Crippen LogP contribution is 2.19. The van der Waals surface area contributed by atoms with Gasteiger partial charge in [-0.2, -0.15) is 4.98 Å². The van der Waals surface area contributed by atoms with Gasteiger partial charge in [0.25, 0.3) is 0 Å². The molecular weight excluding hydrogens is 344 g/mol. The molecule has 1 fully saturated rings. The second kappa shape index (κ2) is 7.94. The largest absolute Gasteiger partial charge is 0.357 e. The normalized spacial score (nSPS) is 13.7. The van der Waals surface area contributed by atoms with Gasteiger partial charge < -0.3 is 14.7 Å². The Morgan fingerprint density at radius 1 is 1.19 bits per heavy atom. The van der Waals surface area contributed by atoms with Crippen molar-refractivity contribution >= 4 is 17.4 Å². The number of hydrogen-bond acceptors (Lipinski definition) is 7. The molecule has 1 saturated heterocycles. The minimum absolute atomic E-state index is 0.119. The Kier molecular flexibility index (Phi) is 5.04. The third kappa shape index (κ3) is 4.28. The first-order valence-corrected chi connectivity index (χ1v) is 9.02. The van der Waals surface area contributed by atoms with Crippen molar-refractivity contribution in [1.29, 1.82) is 0 Å². The van der Waals surface area contributed by atoms with E-state index in [9.17, 15) is 4.79 Å². The average Bonchev–Trinajstić information content (AvgIpc) is 3.40. The summed E-state index contributed by atoms with van der Waals surface area (Å²) < 4.78 is 5.21. The van der Waals surface area contributed by atoms with Crippen molar-refractivity contribution in [1.82, 2.24) is 20.1 Å². The fraction of sp³-hybridized carbons (Fsp3) is 0.316. The monoisotopic (exact) mass is 364 g/mol. The van der Waals surface area contributed by atoms with Gasteiger partial charge in [0.1, 0.15) is 5.82 Å². The maximum atomic E-state index is 12.2. The molecule has 1 N–H and O–H groups in total. The van der Waals surface area contributed by atoms with E-state index < -0.39 is 0 Å². The van der Waals surface area contributed by atoms with Crippen LogP contribution in [0, 0.1) is 0 Å². The van der Waals surface area contributed by atoms with Gasteiger partial charge in [0.15, 0.2) is 0 Å². The lowest BCUT2D eigenvalue weighted by Gasteiger charge is -2.16. The minimum atomic E-state index is -0.119. The van der Waals surface area contributed by atoms with E-state index in [1.54, 1.807) is 18.6 Å². The van der Waals surface area contributed by atoms with E-state index in [0.29, 0.717) is 23.8 Å². The van der Waals surface area contributed by atoms with Crippen molar-refractivity contribution in [2.75, 3.05) is 23.3 Å². The molecule has 3 aromatic rings. The number of pyridine rings is 2. The minimum Gasteiger partial charge on any atom is -0.357 e. The molecular formula is C19H20N6O2. The lowest BCUT2D eigenvalue weighted by molar-refractivity contribution is -0.116. The van der Waals surface area contributed by atoms with Gasteiger partial charge in [-0.1, -0.05) is 5.16 Å². The van der Waals surface area contributed by atoms with E-state index in [4.69, 9.17) is 4.52 Å². The average molecular weight is 364 g/mol. The Balaban J connectivity index is 1.29. The number of nitrogens with zero attached hydrogens (tertiary/aromatic N) is 5. The highest BCUT2D eigenvalue weighted by Gasteiger charge is 2.14. The summed E-state index contributed by atoms with van der Waals surface area (Å²) in [7, 11) is 0. The van der Waals surface area contributed by atoms with Crippen LogP contribution in [0.15, 0.2) is 47.4 Å². The van der Waals surface area contributed by atoms with Gasteiger partial charge >= 0.3 is 0 Å². The standard InChI is InChI=1S/C19H20N6O2/c26-17(22-15-5-6-16(21-13-15)25-10-1-2-11-25)7-8-18-23-19(24-27-18)14-4-3-9-20-12-14/h3-6,9,12-13H,1-2,7-8,10-11H2,(H,22,26). The lowest BCUT2D eigenvalue weighted by atomic mass is 10.2. The van der Waals surface area contributed by atoms with Crippen molar-refractivity contribution in [3.8, 4) is 11.4 Å². The molecule has 27 heavy (non-hydrogen) atoms. The summed E-state index contributed by atoms with van der Waals surface area (Å²) in [4.78, 5) is 27.2. The summed E-state index contributed by atoms with van der Waals surface area (Å²) in [5.74, 6) is 1.73. The van der Waals surface area contributed by atoms with Crippen molar-refractivity contribution in [2.24, 2.45) is 0 Å². The Morgan fingerprint density at radius 2 is 2.07 bits per heavy atom. The van der Waals surface area contributed by atoms with E-state index >= 15 is 0 Å². The van der Waals surface area contributed by atoms with Gasteiger partial charge in [-0.15, -0.1) is 0 Å². The molecule has 138 valence electrons. The quantitative estimate of drug-likeness (QED) is 0.718. The van der Waals surface area contributed by atoms with Crippen LogP contribution in [-0.4, -0.2) is 39.1 Å². The molecule has 4 heterocycles. The van der Waals surface area contributed by atoms with Crippen molar-refractivity contribution in [3.05, 3.63) is 48.7 Å². The van der Waals surface area contributed by atoms with Crippen LogP contribution >= 0.6 is 0 Å². The summed E-state index contributed by atoms with van der Waals surface area (Å²) in [6.07, 6.45) is 8.08. The van der Waals surface area contributed by atoms with Crippen LogP contribution in [0.4, 0.5) is 11.5 Å². The first-order chi connectivity index (χ1) is 13.3. The van der Waals surface area contributed by atoms with Gasteiger partial charge in [-0.05, 0) is 37.1 Å². The number of carbonyl (C=O) groups excluding carboxylic acids is 1. The van der Waals surface area contributed by atoms with Crippen LogP contribution in [-0.2, 0) is 11.2 Å². The highest BCUT2D eigenvalue weighted by molar-refractivity contribution is 5.90. The smallest absolute Gasteiger partial charge is 0.227 e. The number of rotatable bonds is 6. The van der Waals surface area contributed by atoms with Gasteiger partial charge in [0, 0.05) is 43.9 Å². The van der Waals surface area contributed by atoms with E-state index in [-0.39, 0.29) is 12.3 Å². The number of aryl methyl sites for hydroxylation is 1. The Hall–Kier alpha value is -3.29. The molecule has 0 spiro atoms. The molecule has 0 bridgehead atoms. The topological polar surface area (TPSA) is 97.0 Å². The number of carbonyl (C=O) groups is 1. The Morgan fingerprint density at radius 3 is 2.81 bits per heavy atom. The summed E-state index contributed by atoms with van der Waals surface area (Å²) >= 11 is 0. The molecule has 8 nitrogen and oxygen atoms in total. The molecule has 4 rings (SSSR count). The van der Waals surface area contributed by atoms with Crippen molar-refractivity contribution in [2.45, 2.75) is 25.7 Å². The van der Waals surface area contributed by atoms with Crippen molar-refractivity contribution < 1.29 is 9.32 Å². The molecule has 0 radical (unpaired) electrons. The summed E-state index contributed by atoms with van der Waals surface area (Å²) in [5.41, 5.74) is 1.46. The molecule has 1 aliphatic rings.